The zero-order valence-corrected chi connectivity index (χ0v) is 17.6. The maximum atomic E-state index is 11.9. The van der Waals surface area contributed by atoms with Gasteiger partial charge in [0.05, 0.1) is 63.1 Å². The van der Waals surface area contributed by atoms with Crippen LogP contribution < -0.4 is 0 Å². The molecule has 0 bridgehead atoms. The van der Waals surface area contributed by atoms with E-state index in [0.29, 0.717) is 48.7 Å². The third-order valence-electron chi connectivity index (χ3n) is 12.0. The number of aliphatic hydroxyl groups is 2. The summed E-state index contributed by atoms with van der Waals surface area (Å²) in [6, 6.07) is 0. The van der Waals surface area contributed by atoms with E-state index in [0.717, 1.165) is 65.0 Å². The Balaban J connectivity index is 1.02. The van der Waals surface area contributed by atoms with E-state index < -0.39 is 11.2 Å². The molecule has 0 amide bonds. The van der Waals surface area contributed by atoms with Gasteiger partial charge in [0.15, 0.2) is 0 Å². The molecule has 8 rings (SSSR count). The van der Waals surface area contributed by atoms with Crippen LogP contribution in [-0.2, 0) is 18.9 Å². The highest BCUT2D eigenvalue weighted by Gasteiger charge is 2.80. The molecule has 0 aromatic rings. The summed E-state index contributed by atoms with van der Waals surface area (Å²) >= 11 is 0. The summed E-state index contributed by atoms with van der Waals surface area (Å²) in [5.41, 5.74) is -1.59. The molecule has 4 heterocycles. The van der Waals surface area contributed by atoms with Crippen molar-refractivity contribution in [2.75, 3.05) is 39.6 Å². The molecule has 4 saturated carbocycles. The van der Waals surface area contributed by atoms with Crippen molar-refractivity contribution in [3.05, 3.63) is 0 Å². The SMILES string of the molecule is O[C@@]12CC[C@H]3[C@@H]4COC[C@@H]4[C@]31COC2CCC1OC[C@@]23[C@@H](CC[C@@]12O)[C@@H]1COC[C@@H]13. The summed E-state index contributed by atoms with van der Waals surface area (Å²) < 4.78 is 24.2. The van der Waals surface area contributed by atoms with Gasteiger partial charge in [-0.15, -0.1) is 0 Å². The van der Waals surface area contributed by atoms with Crippen molar-refractivity contribution < 1.29 is 29.2 Å². The quantitative estimate of drug-likeness (QED) is 0.721. The lowest BCUT2D eigenvalue weighted by atomic mass is 9.45. The molecule has 4 saturated heterocycles. The number of ether oxygens (including phenoxy) is 4. The topological polar surface area (TPSA) is 77.4 Å². The Morgan fingerprint density at radius 2 is 1.10 bits per heavy atom. The number of fused-ring (bicyclic) bond motifs is 4. The van der Waals surface area contributed by atoms with Crippen molar-refractivity contribution in [3.8, 4) is 0 Å². The first kappa shape index (κ1) is 18.2. The van der Waals surface area contributed by atoms with Crippen LogP contribution >= 0.6 is 0 Å². The predicted octanol–water partition coefficient (Wildman–Crippen LogP) is 1.37. The molecule has 12 atom stereocenters. The number of rotatable bonds is 3. The zero-order valence-electron chi connectivity index (χ0n) is 17.6. The van der Waals surface area contributed by atoms with E-state index >= 15 is 0 Å². The number of hydrogen-bond donors (Lipinski definition) is 2. The van der Waals surface area contributed by atoms with E-state index in [9.17, 15) is 10.2 Å². The van der Waals surface area contributed by atoms with Crippen LogP contribution in [0.15, 0.2) is 0 Å². The van der Waals surface area contributed by atoms with Crippen LogP contribution in [0, 0.1) is 46.3 Å². The van der Waals surface area contributed by atoms with Gasteiger partial charge < -0.3 is 29.2 Å². The van der Waals surface area contributed by atoms with E-state index in [1.54, 1.807) is 0 Å². The molecular formula is C24H34O6. The van der Waals surface area contributed by atoms with E-state index in [-0.39, 0.29) is 23.0 Å². The van der Waals surface area contributed by atoms with Gasteiger partial charge in [-0.05, 0) is 74.0 Å². The Labute approximate surface area is 177 Å². The van der Waals surface area contributed by atoms with Gasteiger partial charge >= 0.3 is 0 Å². The first-order valence-electron chi connectivity index (χ1n) is 12.4. The summed E-state index contributed by atoms with van der Waals surface area (Å²) in [5, 5.41) is 23.7. The van der Waals surface area contributed by atoms with Crippen LogP contribution in [0.2, 0.25) is 0 Å². The Morgan fingerprint density at radius 3 is 1.57 bits per heavy atom. The summed E-state index contributed by atoms with van der Waals surface area (Å²) in [5.74, 6) is 3.35. The van der Waals surface area contributed by atoms with Crippen molar-refractivity contribution in [1.82, 2.24) is 0 Å². The van der Waals surface area contributed by atoms with Gasteiger partial charge in [-0.3, -0.25) is 0 Å². The third kappa shape index (κ3) is 1.62. The Morgan fingerprint density at radius 1 is 0.633 bits per heavy atom. The third-order valence-corrected chi connectivity index (χ3v) is 12.0. The van der Waals surface area contributed by atoms with Gasteiger partial charge in [0, 0.05) is 10.8 Å². The second-order valence-corrected chi connectivity index (χ2v) is 12.0. The average Bonchev–Trinajstić information content (AvgIpc) is 3.49. The van der Waals surface area contributed by atoms with Crippen molar-refractivity contribution in [3.63, 3.8) is 0 Å². The second-order valence-electron chi connectivity index (χ2n) is 12.0. The van der Waals surface area contributed by atoms with Gasteiger partial charge in [-0.1, -0.05) is 0 Å². The fourth-order valence-electron chi connectivity index (χ4n) is 10.8. The Kier molecular flexibility index (Phi) is 3.31. The molecule has 30 heavy (non-hydrogen) atoms. The molecule has 8 aliphatic rings. The van der Waals surface area contributed by atoms with Crippen LogP contribution in [0.3, 0.4) is 0 Å². The van der Waals surface area contributed by atoms with Crippen LogP contribution in [0.4, 0.5) is 0 Å². The molecule has 8 fully saturated rings. The van der Waals surface area contributed by atoms with Crippen molar-refractivity contribution in [1.29, 1.82) is 0 Å². The highest BCUT2D eigenvalue weighted by molar-refractivity contribution is 5.28. The minimum atomic E-state index is -0.718. The van der Waals surface area contributed by atoms with Crippen LogP contribution in [0.1, 0.15) is 38.5 Å². The van der Waals surface area contributed by atoms with E-state index in [4.69, 9.17) is 18.9 Å². The van der Waals surface area contributed by atoms with Crippen LogP contribution in [0.25, 0.3) is 0 Å². The molecule has 4 aliphatic heterocycles. The van der Waals surface area contributed by atoms with Gasteiger partial charge in [0.2, 0.25) is 0 Å². The average molecular weight is 419 g/mol. The van der Waals surface area contributed by atoms with Crippen LogP contribution in [-0.4, -0.2) is 73.3 Å². The lowest BCUT2D eigenvalue weighted by Gasteiger charge is -2.57. The maximum Gasteiger partial charge on any atom is 0.0992 e. The monoisotopic (exact) mass is 418 g/mol. The zero-order chi connectivity index (χ0) is 19.9. The highest BCUT2D eigenvalue weighted by atomic mass is 16.5. The first-order valence-corrected chi connectivity index (χ1v) is 12.4. The molecule has 0 aromatic carbocycles. The highest BCUT2D eigenvalue weighted by Crippen LogP contribution is 2.75. The minimum absolute atomic E-state index is 0.0751. The standard InChI is InChI=1S/C24H34O6/c25-23-5-3-15-13-7-27-9-17(13)21(15,23)11-29-19(23)1-2-20-24(26)6-4-16-14-8-28-10-18(14)22(16,24)12-30-20/h13-20,25-26H,1-12H2/t13-,14-,15-,16-,17-,18-,19?,20?,21-,22-,23+,24+/m0/s1. The maximum absolute atomic E-state index is 11.9. The molecule has 6 nitrogen and oxygen atoms in total. The summed E-state index contributed by atoms with van der Waals surface area (Å²) in [6.45, 7) is 4.70. The van der Waals surface area contributed by atoms with Gasteiger partial charge in [0.1, 0.15) is 0 Å². The lowest BCUT2D eigenvalue weighted by Crippen LogP contribution is -2.65. The Hall–Kier alpha value is -0.240. The van der Waals surface area contributed by atoms with E-state index in [1.807, 2.05) is 0 Å². The second kappa shape index (κ2) is 5.45. The minimum Gasteiger partial charge on any atom is -0.386 e. The lowest BCUT2D eigenvalue weighted by molar-refractivity contribution is -0.171. The molecule has 6 heteroatoms. The fourth-order valence-corrected chi connectivity index (χ4v) is 10.8. The van der Waals surface area contributed by atoms with Crippen molar-refractivity contribution >= 4 is 0 Å². The first-order chi connectivity index (χ1) is 14.6. The van der Waals surface area contributed by atoms with Gasteiger partial charge in [-0.25, -0.2) is 0 Å². The Bertz CT molecular complexity index is 710. The molecule has 2 unspecified atom stereocenters. The molecule has 4 aliphatic carbocycles. The molecular weight excluding hydrogens is 384 g/mol. The predicted molar refractivity (Wildman–Crippen MR) is 105 cm³/mol. The fraction of sp³-hybridized carbons (Fsp3) is 1.00. The van der Waals surface area contributed by atoms with E-state index in [1.165, 1.54) is 0 Å². The normalized spacial score (nSPS) is 66.6. The van der Waals surface area contributed by atoms with Gasteiger partial charge in [0.25, 0.3) is 0 Å². The summed E-state index contributed by atoms with van der Waals surface area (Å²) in [6.07, 6.45) is 5.24. The number of hydrogen-bond acceptors (Lipinski definition) is 6. The summed E-state index contributed by atoms with van der Waals surface area (Å²) in [7, 11) is 0. The molecule has 166 valence electrons. The molecule has 2 N–H and O–H groups in total. The van der Waals surface area contributed by atoms with Gasteiger partial charge in [-0.2, -0.15) is 0 Å². The van der Waals surface area contributed by atoms with Crippen molar-refractivity contribution in [2.45, 2.75) is 61.9 Å². The smallest absolute Gasteiger partial charge is 0.0992 e. The van der Waals surface area contributed by atoms with Crippen molar-refractivity contribution in [2.24, 2.45) is 46.3 Å². The van der Waals surface area contributed by atoms with Crippen LogP contribution in [0.5, 0.6) is 0 Å². The molecule has 0 radical (unpaired) electrons. The largest absolute Gasteiger partial charge is 0.386 e. The summed E-state index contributed by atoms with van der Waals surface area (Å²) in [4.78, 5) is 0. The molecule has 0 aromatic heterocycles. The van der Waals surface area contributed by atoms with E-state index in [2.05, 4.69) is 0 Å². The molecule has 2 spiro atoms.